The number of nitrogens with one attached hydrogen (secondary N) is 1. The Morgan fingerprint density at radius 3 is 2.48 bits per heavy atom. The molecule has 1 saturated heterocycles. The summed E-state index contributed by atoms with van der Waals surface area (Å²) in [5.41, 5.74) is 6.10. The van der Waals surface area contributed by atoms with Gasteiger partial charge in [0.25, 0.3) is 5.95 Å². The number of nitrogens with zero attached hydrogens (tertiary/aromatic N) is 3. The summed E-state index contributed by atoms with van der Waals surface area (Å²) in [7, 11) is 0. The van der Waals surface area contributed by atoms with Crippen molar-refractivity contribution in [3.05, 3.63) is 27.7 Å². The van der Waals surface area contributed by atoms with Gasteiger partial charge in [-0.1, -0.05) is 23.2 Å². The first-order valence-corrected chi connectivity index (χ1v) is 11.2. The van der Waals surface area contributed by atoms with E-state index in [9.17, 15) is 9.66 Å². The number of hydrogen-bond acceptors (Lipinski definition) is 8. The van der Waals surface area contributed by atoms with Crippen molar-refractivity contribution in [1.82, 2.24) is 14.9 Å². The number of phenols is 1. The van der Waals surface area contributed by atoms with Gasteiger partial charge in [0.1, 0.15) is 10.5 Å². The van der Waals surface area contributed by atoms with Crippen molar-refractivity contribution in [3.8, 4) is 5.75 Å². The molecule has 4 N–H and O–H groups in total. The third kappa shape index (κ3) is 5.21. The average Bonchev–Trinajstić information content (AvgIpc) is 3.08. The zero-order valence-electron chi connectivity index (χ0n) is 16.5. The molecule has 2 aromatic rings. The summed E-state index contributed by atoms with van der Waals surface area (Å²) in [6, 6.07) is 2.74. The van der Waals surface area contributed by atoms with Crippen LogP contribution in [-0.4, -0.2) is 37.6 Å². The van der Waals surface area contributed by atoms with Crippen LogP contribution in [0, 0.1) is 5.92 Å². The predicted octanol–water partition coefficient (Wildman–Crippen LogP) is 3.67. The Labute approximate surface area is 183 Å². The van der Waals surface area contributed by atoms with Crippen molar-refractivity contribution in [2.45, 2.75) is 44.4 Å². The lowest BCUT2D eigenvalue weighted by atomic mass is 9.85. The Bertz CT molecular complexity index is 853. The molecule has 0 radical (unpaired) electrons. The van der Waals surface area contributed by atoms with E-state index in [2.05, 4.69) is 14.9 Å². The van der Waals surface area contributed by atoms with Crippen LogP contribution in [0.5, 0.6) is 5.75 Å². The molecular weight excluding hydrogens is 437 g/mol. The number of rotatable bonds is 5. The number of phenolic OH excluding ortho intramolecular Hbond substituents is 1. The highest BCUT2D eigenvalue weighted by molar-refractivity contribution is 7.90. The van der Waals surface area contributed by atoms with Gasteiger partial charge in [0.15, 0.2) is 0 Å². The minimum Gasteiger partial charge on any atom is -0.598 e. The molecule has 0 spiro atoms. The predicted molar refractivity (Wildman–Crippen MR) is 116 cm³/mol. The summed E-state index contributed by atoms with van der Waals surface area (Å²) in [6.45, 7) is 7.03. The Hall–Kier alpha value is -1.39. The summed E-state index contributed by atoms with van der Waals surface area (Å²) >= 11 is 10.9. The maximum absolute atomic E-state index is 12.8. The molecule has 2 heterocycles. The molecule has 1 aromatic carbocycles. The molecule has 29 heavy (non-hydrogen) atoms. The fourth-order valence-electron chi connectivity index (χ4n) is 3.29. The van der Waals surface area contributed by atoms with Gasteiger partial charge < -0.3 is 24.8 Å². The van der Waals surface area contributed by atoms with Crippen LogP contribution in [0.3, 0.4) is 0 Å². The largest absolute Gasteiger partial charge is 0.598 e. The van der Waals surface area contributed by atoms with E-state index in [1.54, 1.807) is 6.07 Å². The van der Waals surface area contributed by atoms with Crippen molar-refractivity contribution in [1.29, 1.82) is 0 Å². The van der Waals surface area contributed by atoms with Crippen molar-refractivity contribution < 1.29 is 14.2 Å². The number of anilines is 2. The summed E-state index contributed by atoms with van der Waals surface area (Å²) in [4.78, 5) is 6.06. The Kier molecular flexibility index (Phi) is 6.74. The first-order chi connectivity index (χ1) is 13.6. The summed E-state index contributed by atoms with van der Waals surface area (Å²) in [5.74, 6) is 0.585. The highest BCUT2D eigenvalue weighted by atomic mass is 35.5. The minimum atomic E-state index is -1.34. The van der Waals surface area contributed by atoms with E-state index in [0.717, 1.165) is 12.8 Å². The molecule has 1 aliphatic rings. The van der Waals surface area contributed by atoms with Crippen molar-refractivity contribution >= 4 is 46.5 Å². The minimum absolute atomic E-state index is 0.0242. The summed E-state index contributed by atoms with van der Waals surface area (Å²) in [6.07, 6.45) is 1.51. The topological polar surface area (TPSA) is 123 Å². The van der Waals surface area contributed by atoms with Gasteiger partial charge >= 0.3 is 6.01 Å². The molecule has 0 bridgehead atoms. The lowest BCUT2D eigenvalue weighted by Gasteiger charge is -2.37. The number of nitrogen functional groups attached to an aromatic ring is 1. The molecule has 0 saturated carbocycles. The molecule has 11 heteroatoms. The standard InChI is InChI=1S/C18H25Cl2N5O3S/c1-18(2,3)29(27)24-15(11-8-12(19)13(20)9-14(11)26)10-4-6-25(7-5-10)17-22-16(21)28-23-17/h8-10,15,24,26H,4-7H2,1-3H3,(H2,21,22,23)/t15-,29?/m1/s1. The third-order valence-electron chi connectivity index (χ3n) is 4.92. The molecule has 1 aromatic heterocycles. The van der Waals surface area contributed by atoms with Gasteiger partial charge in [0.2, 0.25) is 0 Å². The van der Waals surface area contributed by atoms with Crippen LogP contribution in [-0.2, 0) is 11.4 Å². The van der Waals surface area contributed by atoms with Crippen LogP contribution in [0.15, 0.2) is 16.7 Å². The first kappa shape index (κ1) is 22.3. The lowest BCUT2D eigenvalue weighted by Crippen LogP contribution is -2.45. The molecule has 1 unspecified atom stereocenters. The molecule has 160 valence electrons. The fraction of sp³-hybridized carbons (Fsp3) is 0.556. The van der Waals surface area contributed by atoms with E-state index < -0.39 is 16.1 Å². The molecule has 1 aliphatic heterocycles. The second-order valence-corrected chi connectivity index (χ2v) is 10.9. The quantitative estimate of drug-likeness (QED) is 0.575. The number of nitrogens with two attached hydrogens (primary N) is 1. The van der Waals surface area contributed by atoms with Gasteiger partial charge in [-0.2, -0.15) is 4.98 Å². The molecule has 0 amide bonds. The van der Waals surface area contributed by atoms with Crippen LogP contribution in [0.4, 0.5) is 12.0 Å². The number of piperidine rings is 1. The van der Waals surface area contributed by atoms with Crippen LogP contribution >= 0.6 is 23.2 Å². The molecule has 8 nitrogen and oxygen atoms in total. The van der Waals surface area contributed by atoms with Gasteiger partial charge in [-0.3, -0.25) is 0 Å². The van der Waals surface area contributed by atoms with E-state index in [4.69, 9.17) is 33.5 Å². The average molecular weight is 462 g/mol. The second kappa shape index (κ2) is 8.77. The molecule has 2 atom stereocenters. The van der Waals surface area contributed by atoms with Crippen LogP contribution < -0.4 is 15.4 Å². The number of hydrogen-bond donors (Lipinski definition) is 3. The maximum atomic E-state index is 12.8. The highest BCUT2D eigenvalue weighted by Gasteiger charge is 2.37. The maximum Gasteiger partial charge on any atom is 0.320 e. The molecular formula is C18H25Cl2N5O3S. The van der Waals surface area contributed by atoms with E-state index in [1.165, 1.54) is 6.07 Å². The SMILES string of the molecule is CC(C)(C)[S+]([O-])N[C@@H](c1cc(Cl)c(Cl)cc1O)C1CCN(c2noc(N)n2)CC1. The zero-order valence-corrected chi connectivity index (χ0v) is 18.8. The van der Waals surface area contributed by atoms with Crippen molar-refractivity contribution in [2.24, 2.45) is 5.92 Å². The number of halogens is 2. The van der Waals surface area contributed by atoms with Gasteiger partial charge in [0, 0.05) is 36.1 Å². The summed E-state index contributed by atoms with van der Waals surface area (Å²) < 4.78 is 20.4. The Morgan fingerprint density at radius 1 is 1.31 bits per heavy atom. The molecule has 1 fully saturated rings. The number of aromatic nitrogens is 2. The third-order valence-corrected chi connectivity index (χ3v) is 7.22. The number of aromatic hydroxyl groups is 1. The molecule has 0 aliphatic carbocycles. The fourth-order valence-corrected chi connectivity index (χ4v) is 4.53. The van der Waals surface area contributed by atoms with Gasteiger partial charge in [-0.25, -0.2) is 0 Å². The lowest BCUT2D eigenvalue weighted by molar-refractivity contribution is 0.314. The Morgan fingerprint density at radius 2 is 1.93 bits per heavy atom. The zero-order chi connectivity index (χ0) is 21.3. The van der Waals surface area contributed by atoms with Crippen LogP contribution in [0.1, 0.15) is 45.2 Å². The van der Waals surface area contributed by atoms with Crippen LogP contribution in [0.2, 0.25) is 10.0 Å². The second-order valence-electron chi connectivity index (χ2n) is 8.06. The summed E-state index contributed by atoms with van der Waals surface area (Å²) in [5, 5.41) is 15.0. The van der Waals surface area contributed by atoms with E-state index in [1.807, 2.05) is 25.7 Å². The highest BCUT2D eigenvalue weighted by Crippen LogP contribution is 2.40. The van der Waals surface area contributed by atoms with Crippen molar-refractivity contribution in [3.63, 3.8) is 0 Å². The first-order valence-electron chi connectivity index (χ1n) is 9.26. The smallest absolute Gasteiger partial charge is 0.320 e. The van der Waals surface area contributed by atoms with Crippen LogP contribution in [0.25, 0.3) is 0 Å². The Balaban J connectivity index is 1.83. The van der Waals surface area contributed by atoms with Gasteiger partial charge in [-0.05, 0) is 50.8 Å². The normalized spacial score (nSPS) is 18.1. The van der Waals surface area contributed by atoms with E-state index >= 15 is 0 Å². The monoisotopic (exact) mass is 461 g/mol. The van der Waals surface area contributed by atoms with Gasteiger partial charge in [0.05, 0.1) is 16.1 Å². The van der Waals surface area contributed by atoms with E-state index in [-0.39, 0.29) is 28.7 Å². The van der Waals surface area contributed by atoms with Crippen molar-refractivity contribution in [2.75, 3.05) is 23.7 Å². The van der Waals surface area contributed by atoms with E-state index in [0.29, 0.717) is 29.6 Å². The van der Waals surface area contributed by atoms with Gasteiger partial charge in [-0.15, -0.1) is 4.72 Å². The molecule has 3 rings (SSSR count). The number of benzene rings is 1.